The van der Waals surface area contributed by atoms with Crippen LogP contribution in [0.4, 0.5) is 0 Å². The fraction of sp³-hybridized carbons (Fsp3) is 0.560. The normalized spacial score (nSPS) is 23.7. The molecular formula is C25H32INO2. The molecule has 4 rings (SSSR count). The highest BCUT2D eigenvalue weighted by atomic mass is 127. The lowest BCUT2D eigenvalue weighted by Gasteiger charge is -2.37. The van der Waals surface area contributed by atoms with Crippen molar-refractivity contribution in [3.8, 4) is 5.75 Å². The molecule has 1 aliphatic heterocycles. The molecule has 1 aliphatic carbocycles. The van der Waals surface area contributed by atoms with Gasteiger partial charge in [0, 0.05) is 19.6 Å². The Morgan fingerprint density at radius 3 is 2.34 bits per heavy atom. The first-order chi connectivity index (χ1) is 13.8. The number of fused-ring (bicyclic) bond motifs is 1. The minimum atomic E-state index is 0.231. The summed E-state index contributed by atoms with van der Waals surface area (Å²) in [5, 5.41) is 2.49. The summed E-state index contributed by atoms with van der Waals surface area (Å²) >= 11 is 1.92. The minimum absolute atomic E-state index is 0.231. The summed E-state index contributed by atoms with van der Waals surface area (Å²) in [6.45, 7) is 9.79. The zero-order chi connectivity index (χ0) is 20.6. The second-order valence-electron chi connectivity index (χ2n) is 10.00. The van der Waals surface area contributed by atoms with Gasteiger partial charge >= 0.3 is 0 Å². The molecule has 2 fully saturated rings. The monoisotopic (exact) mass is 505 g/mol. The lowest BCUT2D eigenvalue weighted by molar-refractivity contribution is -0.117. The van der Waals surface area contributed by atoms with Crippen LogP contribution in [0.3, 0.4) is 0 Å². The molecule has 0 radical (unpaired) electrons. The number of benzene rings is 2. The van der Waals surface area contributed by atoms with E-state index in [0.29, 0.717) is 11.5 Å². The van der Waals surface area contributed by atoms with Gasteiger partial charge in [0.25, 0.3) is 0 Å². The van der Waals surface area contributed by atoms with E-state index in [4.69, 9.17) is 4.74 Å². The summed E-state index contributed by atoms with van der Waals surface area (Å²) in [5.41, 5.74) is 1.72. The van der Waals surface area contributed by atoms with Crippen molar-refractivity contribution in [3.63, 3.8) is 0 Å². The predicted molar refractivity (Wildman–Crippen MR) is 128 cm³/mol. The quantitative estimate of drug-likeness (QED) is 0.357. The van der Waals surface area contributed by atoms with Crippen molar-refractivity contribution in [1.82, 2.24) is 4.90 Å². The van der Waals surface area contributed by atoms with Gasteiger partial charge in [-0.3, -0.25) is 9.69 Å². The smallest absolute Gasteiger partial charge is 0.198 e. The van der Waals surface area contributed by atoms with E-state index in [1.165, 1.54) is 29.2 Å². The van der Waals surface area contributed by atoms with Gasteiger partial charge in [0.1, 0.15) is 5.75 Å². The number of rotatable bonds is 5. The lowest BCUT2D eigenvalue weighted by Crippen LogP contribution is -2.48. The molecular weight excluding hydrogens is 473 g/mol. The first kappa shape index (κ1) is 21.1. The number of halogens is 1. The highest BCUT2D eigenvalue weighted by Crippen LogP contribution is 2.39. The van der Waals surface area contributed by atoms with Crippen molar-refractivity contribution < 1.29 is 9.53 Å². The second kappa shape index (κ2) is 8.54. The first-order valence-corrected chi connectivity index (χ1v) is 12.0. The molecule has 1 saturated heterocycles. The van der Waals surface area contributed by atoms with E-state index in [1.807, 2.05) is 22.6 Å². The molecule has 1 saturated carbocycles. The van der Waals surface area contributed by atoms with Gasteiger partial charge < -0.3 is 4.74 Å². The summed E-state index contributed by atoms with van der Waals surface area (Å²) in [4.78, 5) is 13.7. The van der Waals surface area contributed by atoms with Gasteiger partial charge in [-0.05, 0) is 94.1 Å². The molecule has 3 nitrogen and oxygen atoms in total. The number of carbonyl (C=O) groups is 1. The molecule has 2 aliphatic rings. The SMILES string of the molecule is CC(C)(C)C1CCC(Oc2ccc3cc(CN4CC(C(=O)I)C4)ccc3c2)CC1. The Labute approximate surface area is 188 Å². The molecule has 156 valence electrons. The van der Waals surface area contributed by atoms with Crippen molar-refractivity contribution in [2.24, 2.45) is 17.3 Å². The van der Waals surface area contributed by atoms with Gasteiger partial charge in [-0.1, -0.05) is 39.0 Å². The summed E-state index contributed by atoms with van der Waals surface area (Å²) in [5.74, 6) is 2.04. The van der Waals surface area contributed by atoms with E-state index >= 15 is 0 Å². The van der Waals surface area contributed by atoms with E-state index in [-0.39, 0.29) is 9.71 Å². The predicted octanol–water partition coefficient (Wildman–Crippen LogP) is 6.22. The Kier molecular flexibility index (Phi) is 6.22. The Morgan fingerprint density at radius 1 is 1.03 bits per heavy atom. The maximum absolute atomic E-state index is 11.4. The molecule has 0 atom stereocenters. The van der Waals surface area contributed by atoms with Crippen LogP contribution in [0.15, 0.2) is 36.4 Å². The topological polar surface area (TPSA) is 29.5 Å². The molecule has 2 aromatic carbocycles. The van der Waals surface area contributed by atoms with Crippen LogP contribution in [0.1, 0.15) is 52.0 Å². The third-order valence-electron chi connectivity index (χ3n) is 6.76. The first-order valence-electron chi connectivity index (χ1n) is 10.9. The summed E-state index contributed by atoms with van der Waals surface area (Å²) in [7, 11) is 0. The van der Waals surface area contributed by atoms with Crippen molar-refractivity contribution in [1.29, 1.82) is 0 Å². The van der Waals surface area contributed by atoms with Crippen LogP contribution in [-0.2, 0) is 11.3 Å². The number of nitrogens with zero attached hydrogens (tertiary/aromatic N) is 1. The van der Waals surface area contributed by atoms with Gasteiger partial charge in [0.2, 0.25) is 0 Å². The Balaban J connectivity index is 1.35. The molecule has 29 heavy (non-hydrogen) atoms. The maximum atomic E-state index is 11.4. The van der Waals surface area contributed by atoms with Crippen molar-refractivity contribution in [2.75, 3.05) is 13.1 Å². The third kappa shape index (κ3) is 5.13. The molecule has 2 aromatic rings. The summed E-state index contributed by atoms with van der Waals surface area (Å²) < 4.78 is 6.63. The average molecular weight is 505 g/mol. The molecule has 4 heteroatoms. The largest absolute Gasteiger partial charge is 0.490 e. The molecule has 0 spiro atoms. The van der Waals surface area contributed by atoms with Crippen LogP contribution < -0.4 is 4.74 Å². The van der Waals surface area contributed by atoms with Gasteiger partial charge in [0.15, 0.2) is 3.79 Å². The fourth-order valence-electron chi connectivity index (χ4n) is 4.78. The van der Waals surface area contributed by atoms with Crippen LogP contribution in [0.2, 0.25) is 0 Å². The number of likely N-dealkylation sites (tertiary alicyclic amines) is 1. The van der Waals surface area contributed by atoms with Crippen LogP contribution in [-0.4, -0.2) is 27.9 Å². The van der Waals surface area contributed by atoms with Gasteiger partial charge in [-0.15, -0.1) is 0 Å². The Bertz CT molecular complexity index is 874. The molecule has 0 amide bonds. The van der Waals surface area contributed by atoms with Crippen LogP contribution in [0.5, 0.6) is 5.75 Å². The summed E-state index contributed by atoms with van der Waals surface area (Å²) in [6, 6.07) is 13.2. The standard InChI is InChI=1S/C25H32INO2/c1-25(2,3)21-7-10-22(11-8-21)29-23-9-6-18-12-17(4-5-19(18)13-23)14-27-15-20(16-27)24(26)28/h4-6,9,12-13,20-22H,7-8,10-11,14-16H2,1-3H3. The Morgan fingerprint density at radius 2 is 1.69 bits per heavy atom. The van der Waals surface area contributed by atoms with E-state index in [0.717, 1.165) is 44.1 Å². The van der Waals surface area contributed by atoms with E-state index < -0.39 is 0 Å². The highest BCUT2D eigenvalue weighted by Gasteiger charge is 2.31. The maximum Gasteiger partial charge on any atom is 0.198 e. The zero-order valence-corrected chi connectivity index (χ0v) is 19.9. The van der Waals surface area contributed by atoms with Gasteiger partial charge in [-0.2, -0.15) is 0 Å². The molecule has 0 aromatic heterocycles. The lowest BCUT2D eigenvalue weighted by atomic mass is 9.72. The number of ether oxygens (including phenoxy) is 1. The van der Waals surface area contributed by atoms with Crippen LogP contribution in [0.25, 0.3) is 10.8 Å². The number of hydrogen-bond donors (Lipinski definition) is 0. The van der Waals surface area contributed by atoms with E-state index in [1.54, 1.807) is 0 Å². The summed E-state index contributed by atoms with van der Waals surface area (Å²) in [6.07, 6.45) is 5.22. The second-order valence-corrected chi connectivity index (χ2v) is 11.1. The molecule has 0 unspecified atom stereocenters. The van der Waals surface area contributed by atoms with E-state index in [2.05, 4.69) is 62.1 Å². The number of carbonyl (C=O) groups excluding carboxylic acids is 1. The fourth-order valence-corrected chi connectivity index (χ4v) is 5.18. The van der Waals surface area contributed by atoms with Crippen molar-refractivity contribution in [2.45, 2.75) is 59.1 Å². The average Bonchev–Trinajstić information content (AvgIpc) is 2.63. The third-order valence-corrected chi connectivity index (χ3v) is 7.64. The van der Waals surface area contributed by atoms with Crippen LogP contribution >= 0.6 is 22.6 Å². The molecule has 0 N–H and O–H groups in total. The van der Waals surface area contributed by atoms with E-state index in [9.17, 15) is 4.79 Å². The number of hydrogen-bond acceptors (Lipinski definition) is 3. The van der Waals surface area contributed by atoms with Crippen molar-refractivity contribution in [3.05, 3.63) is 42.0 Å². The molecule has 1 heterocycles. The Hall–Kier alpha value is -1.14. The van der Waals surface area contributed by atoms with Crippen molar-refractivity contribution >= 4 is 37.2 Å². The molecule has 0 bridgehead atoms. The minimum Gasteiger partial charge on any atom is -0.490 e. The zero-order valence-electron chi connectivity index (χ0n) is 17.8. The highest BCUT2D eigenvalue weighted by molar-refractivity contribution is 14.1. The van der Waals surface area contributed by atoms with Crippen LogP contribution in [0, 0.1) is 17.3 Å². The van der Waals surface area contributed by atoms with Gasteiger partial charge in [0.05, 0.1) is 12.0 Å². The van der Waals surface area contributed by atoms with Gasteiger partial charge in [-0.25, -0.2) is 0 Å².